The molecule has 0 radical (unpaired) electrons. The minimum absolute atomic E-state index is 0.113. The number of hydrogen-bond acceptors (Lipinski definition) is 4. The van der Waals surface area contributed by atoms with Crippen LogP contribution in [0.3, 0.4) is 0 Å². The van der Waals surface area contributed by atoms with E-state index in [-0.39, 0.29) is 5.91 Å². The number of nitrogens with one attached hydrogen (secondary N) is 2. The van der Waals surface area contributed by atoms with Crippen LogP contribution >= 0.6 is 27.3 Å². The topological polar surface area (TPSA) is 54.0 Å². The molecule has 1 aliphatic rings. The fourth-order valence-corrected chi connectivity index (χ4v) is 3.50. The molecule has 2 N–H and O–H groups in total. The maximum absolute atomic E-state index is 12.1. The van der Waals surface area contributed by atoms with E-state index in [1.807, 2.05) is 29.6 Å². The Morgan fingerprint density at radius 3 is 2.95 bits per heavy atom. The number of carbonyl (C=O) groups excluding carboxylic acids is 1. The van der Waals surface area contributed by atoms with Crippen molar-refractivity contribution in [3.05, 3.63) is 50.4 Å². The Morgan fingerprint density at radius 2 is 2.24 bits per heavy atom. The highest BCUT2D eigenvalue weighted by Gasteiger charge is 2.20. The van der Waals surface area contributed by atoms with Gasteiger partial charge in [-0.3, -0.25) is 4.79 Å². The second-order valence-electron chi connectivity index (χ2n) is 5.03. The molecule has 21 heavy (non-hydrogen) atoms. The van der Waals surface area contributed by atoms with Crippen molar-refractivity contribution in [3.63, 3.8) is 0 Å². The molecule has 4 nitrogen and oxygen atoms in total. The highest BCUT2D eigenvalue weighted by atomic mass is 79.9. The Bertz CT molecular complexity index is 620. The Kier molecular flexibility index (Phi) is 4.67. The molecular formula is C15H16BrN3OS. The molecule has 1 fully saturated rings. The van der Waals surface area contributed by atoms with E-state index in [4.69, 9.17) is 0 Å². The van der Waals surface area contributed by atoms with E-state index in [0.29, 0.717) is 18.3 Å². The van der Waals surface area contributed by atoms with E-state index < -0.39 is 0 Å². The highest BCUT2D eigenvalue weighted by molar-refractivity contribution is 9.10. The Hall–Kier alpha value is -1.24. The summed E-state index contributed by atoms with van der Waals surface area (Å²) in [6.45, 7) is 1.55. The molecule has 0 aliphatic carbocycles. The second-order valence-corrected chi connectivity index (χ2v) is 6.83. The number of thiazole rings is 1. The van der Waals surface area contributed by atoms with Crippen LogP contribution in [0.25, 0.3) is 0 Å². The van der Waals surface area contributed by atoms with Gasteiger partial charge in [-0.25, -0.2) is 4.98 Å². The highest BCUT2D eigenvalue weighted by Crippen LogP contribution is 2.25. The molecule has 3 rings (SSSR count). The van der Waals surface area contributed by atoms with Crippen molar-refractivity contribution in [2.24, 2.45) is 0 Å². The van der Waals surface area contributed by atoms with Crippen LogP contribution in [0.2, 0.25) is 0 Å². The molecule has 0 saturated carbocycles. The number of nitrogens with zero attached hydrogens (tertiary/aromatic N) is 1. The van der Waals surface area contributed by atoms with Crippen LogP contribution in [-0.2, 0) is 6.54 Å². The van der Waals surface area contributed by atoms with E-state index in [1.165, 1.54) is 6.42 Å². The lowest BCUT2D eigenvalue weighted by molar-refractivity contribution is 0.0946. The summed E-state index contributed by atoms with van der Waals surface area (Å²) in [6.07, 6.45) is 2.28. The van der Waals surface area contributed by atoms with Gasteiger partial charge in [-0.2, -0.15) is 0 Å². The summed E-state index contributed by atoms with van der Waals surface area (Å²) < 4.78 is 1.03. The minimum Gasteiger partial charge on any atom is -0.347 e. The van der Waals surface area contributed by atoms with Crippen molar-refractivity contribution < 1.29 is 4.79 Å². The van der Waals surface area contributed by atoms with Crippen LogP contribution < -0.4 is 10.6 Å². The average Bonchev–Trinajstić information content (AvgIpc) is 3.17. The molecule has 2 aromatic rings. The van der Waals surface area contributed by atoms with Crippen LogP contribution in [0.1, 0.15) is 39.9 Å². The van der Waals surface area contributed by atoms with Gasteiger partial charge in [0, 0.05) is 16.4 Å². The second kappa shape index (κ2) is 6.68. The monoisotopic (exact) mass is 365 g/mol. The van der Waals surface area contributed by atoms with Crippen molar-refractivity contribution in [3.8, 4) is 0 Å². The van der Waals surface area contributed by atoms with Crippen LogP contribution in [0.5, 0.6) is 0 Å². The third kappa shape index (κ3) is 3.70. The summed E-state index contributed by atoms with van der Waals surface area (Å²) in [5.74, 6) is -0.113. The molecule has 1 atom stereocenters. The summed E-state index contributed by atoms with van der Waals surface area (Å²) in [7, 11) is 0. The van der Waals surface area contributed by atoms with Crippen LogP contribution in [-0.4, -0.2) is 17.4 Å². The molecule has 0 bridgehead atoms. The van der Waals surface area contributed by atoms with Crippen molar-refractivity contribution in [1.82, 2.24) is 15.6 Å². The lowest BCUT2D eigenvalue weighted by atomic mass is 10.2. The summed E-state index contributed by atoms with van der Waals surface area (Å²) in [5.41, 5.74) is 1.58. The van der Waals surface area contributed by atoms with Crippen LogP contribution in [0, 0.1) is 0 Å². The largest absolute Gasteiger partial charge is 0.347 e. The lowest BCUT2D eigenvalue weighted by Gasteiger charge is -2.05. The first kappa shape index (κ1) is 14.7. The number of rotatable bonds is 4. The fourth-order valence-electron chi connectivity index (χ4n) is 2.32. The van der Waals surface area contributed by atoms with Gasteiger partial charge >= 0.3 is 0 Å². The van der Waals surface area contributed by atoms with Crippen LogP contribution in [0.4, 0.5) is 0 Å². The summed E-state index contributed by atoms with van der Waals surface area (Å²) in [4.78, 5) is 16.6. The van der Waals surface area contributed by atoms with Gasteiger partial charge in [0.05, 0.1) is 6.04 Å². The third-order valence-electron chi connectivity index (χ3n) is 3.48. The van der Waals surface area contributed by atoms with Gasteiger partial charge in [0.15, 0.2) is 0 Å². The molecule has 110 valence electrons. The molecule has 1 aliphatic heterocycles. The number of hydrogen-bond donors (Lipinski definition) is 2. The summed E-state index contributed by atoms with van der Waals surface area (Å²) in [6, 6.07) is 8.23. The van der Waals surface area contributed by atoms with Crippen molar-refractivity contribution in [2.75, 3.05) is 6.54 Å². The SMILES string of the molecule is O=C(NCc1ccc(Br)cc1)c1csc(C2CCCN2)n1. The fraction of sp³-hybridized carbons (Fsp3) is 0.333. The summed E-state index contributed by atoms with van der Waals surface area (Å²) >= 11 is 4.95. The molecule has 6 heteroatoms. The molecule has 1 unspecified atom stereocenters. The summed E-state index contributed by atoms with van der Waals surface area (Å²) in [5, 5.41) is 9.16. The molecule has 1 aromatic carbocycles. The van der Waals surface area contributed by atoms with E-state index in [2.05, 4.69) is 31.5 Å². The molecule has 1 amide bonds. The number of carbonyl (C=O) groups is 1. The molecule has 1 saturated heterocycles. The molecule has 0 spiro atoms. The number of amides is 1. The van der Waals surface area contributed by atoms with Crippen molar-refractivity contribution in [2.45, 2.75) is 25.4 Å². The normalized spacial score (nSPS) is 17.9. The van der Waals surface area contributed by atoms with Gasteiger partial charge in [0.2, 0.25) is 0 Å². The first-order chi connectivity index (χ1) is 10.2. The molecule has 1 aromatic heterocycles. The zero-order valence-electron chi connectivity index (χ0n) is 11.4. The van der Waals surface area contributed by atoms with Gasteiger partial charge in [-0.05, 0) is 37.1 Å². The zero-order chi connectivity index (χ0) is 14.7. The van der Waals surface area contributed by atoms with E-state index >= 15 is 0 Å². The first-order valence-corrected chi connectivity index (χ1v) is 8.61. The van der Waals surface area contributed by atoms with Gasteiger partial charge in [-0.15, -0.1) is 11.3 Å². The maximum Gasteiger partial charge on any atom is 0.271 e. The number of halogens is 1. The Morgan fingerprint density at radius 1 is 1.43 bits per heavy atom. The maximum atomic E-state index is 12.1. The Balaban J connectivity index is 1.59. The molecule has 2 heterocycles. The molecular weight excluding hydrogens is 350 g/mol. The lowest BCUT2D eigenvalue weighted by Crippen LogP contribution is -2.23. The van der Waals surface area contributed by atoms with E-state index in [0.717, 1.165) is 28.0 Å². The van der Waals surface area contributed by atoms with Gasteiger partial charge < -0.3 is 10.6 Å². The number of aromatic nitrogens is 1. The van der Waals surface area contributed by atoms with E-state index in [9.17, 15) is 4.79 Å². The third-order valence-corrected chi connectivity index (χ3v) is 4.97. The van der Waals surface area contributed by atoms with Crippen LogP contribution in [0.15, 0.2) is 34.1 Å². The average molecular weight is 366 g/mol. The van der Waals surface area contributed by atoms with Crippen molar-refractivity contribution in [1.29, 1.82) is 0 Å². The van der Waals surface area contributed by atoms with Crippen molar-refractivity contribution >= 4 is 33.2 Å². The predicted octanol–water partition coefficient (Wildman–Crippen LogP) is 3.26. The number of benzene rings is 1. The first-order valence-electron chi connectivity index (χ1n) is 6.94. The predicted molar refractivity (Wildman–Crippen MR) is 87.4 cm³/mol. The standard InChI is InChI=1S/C15H16BrN3OS/c16-11-5-3-10(4-6-11)8-18-14(20)13-9-21-15(19-13)12-2-1-7-17-12/h3-6,9,12,17H,1-2,7-8H2,(H,18,20). The Labute approximate surface area is 136 Å². The smallest absolute Gasteiger partial charge is 0.271 e. The zero-order valence-corrected chi connectivity index (χ0v) is 13.8. The minimum atomic E-state index is -0.113. The van der Waals surface area contributed by atoms with E-state index in [1.54, 1.807) is 11.3 Å². The van der Waals surface area contributed by atoms with Gasteiger partial charge in [0.1, 0.15) is 10.7 Å². The van der Waals surface area contributed by atoms with Gasteiger partial charge in [-0.1, -0.05) is 28.1 Å². The quantitative estimate of drug-likeness (QED) is 0.874. The van der Waals surface area contributed by atoms with Gasteiger partial charge in [0.25, 0.3) is 5.91 Å².